The second kappa shape index (κ2) is 5.66. The molecular weight excluding hydrogens is 166 g/mol. The first kappa shape index (κ1) is 10.1. The summed E-state index contributed by atoms with van der Waals surface area (Å²) in [4.78, 5) is 4.16. The highest BCUT2D eigenvalue weighted by molar-refractivity contribution is 4.83. The van der Waals surface area contributed by atoms with Crippen molar-refractivity contribution in [2.75, 3.05) is 13.1 Å². The van der Waals surface area contributed by atoms with E-state index in [4.69, 9.17) is 5.73 Å². The van der Waals surface area contributed by atoms with Crippen molar-refractivity contribution in [3.8, 4) is 0 Å². The van der Waals surface area contributed by atoms with Gasteiger partial charge in [-0.1, -0.05) is 6.92 Å². The molecule has 0 saturated carbocycles. The van der Waals surface area contributed by atoms with Crippen molar-refractivity contribution in [1.29, 1.82) is 0 Å². The Hall–Kier alpha value is -0.940. The molecule has 0 saturated heterocycles. The maximum atomic E-state index is 5.36. The van der Waals surface area contributed by atoms with Gasteiger partial charge in [-0.2, -0.15) is 5.10 Å². The van der Waals surface area contributed by atoms with Crippen LogP contribution in [0.4, 0.5) is 0 Å². The van der Waals surface area contributed by atoms with Crippen LogP contribution in [0.5, 0.6) is 0 Å². The van der Waals surface area contributed by atoms with E-state index in [9.17, 15) is 0 Å². The molecule has 0 aliphatic heterocycles. The zero-order valence-corrected chi connectivity index (χ0v) is 8.03. The number of nitrogens with one attached hydrogen (secondary N) is 1. The van der Waals surface area contributed by atoms with Gasteiger partial charge in [0, 0.05) is 19.6 Å². The van der Waals surface area contributed by atoms with Crippen LogP contribution >= 0.6 is 0 Å². The fraction of sp³-hybridized carbons (Fsp3) is 0.750. The second-order valence-electron chi connectivity index (χ2n) is 2.86. The lowest BCUT2D eigenvalue weighted by Gasteiger charge is -2.04. The molecule has 0 radical (unpaired) electrons. The van der Waals surface area contributed by atoms with Gasteiger partial charge in [-0.3, -0.25) is 0 Å². The van der Waals surface area contributed by atoms with Crippen molar-refractivity contribution in [2.24, 2.45) is 5.73 Å². The van der Waals surface area contributed by atoms with Gasteiger partial charge in [0.2, 0.25) is 0 Å². The maximum Gasteiger partial charge on any atom is 0.140 e. The molecule has 0 aliphatic rings. The SMILES string of the molecule is CCCn1ncnc1CNCCN. The van der Waals surface area contributed by atoms with E-state index in [-0.39, 0.29) is 0 Å². The van der Waals surface area contributed by atoms with Gasteiger partial charge in [0.15, 0.2) is 0 Å². The smallest absolute Gasteiger partial charge is 0.140 e. The van der Waals surface area contributed by atoms with Gasteiger partial charge in [0.05, 0.1) is 6.54 Å². The molecule has 0 aliphatic carbocycles. The Balaban J connectivity index is 2.40. The number of hydrogen-bond donors (Lipinski definition) is 2. The molecule has 1 rings (SSSR count). The van der Waals surface area contributed by atoms with E-state index in [1.807, 2.05) is 4.68 Å². The van der Waals surface area contributed by atoms with Crippen LogP contribution < -0.4 is 11.1 Å². The highest BCUT2D eigenvalue weighted by atomic mass is 15.3. The molecule has 0 amide bonds. The van der Waals surface area contributed by atoms with Crippen LogP contribution in [0.3, 0.4) is 0 Å². The summed E-state index contributed by atoms with van der Waals surface area (Å²) < 4.78 is 1.92. The molecule has 0 unspecified atom stereocenters. The van der Waals surface area contributed by atoms with Crippen LogP contribution in [0.1, 0.15) is 19.2 Å². The summed E-state index contributed by atoms with van der Waals surface area (Å²) >= 11 is 0. The number of nitrogens with zero attached hydrogens (tertiary/aromatic N) is 3. The minimum Gasteiger partial charge on any atom is -0.329 e. The largest absolute Gasteiger partial charge is 0.329 e. The van der Waals surface area contributed by atoms with Crippen LogP contribution in [0.2, 0.25) is 0 Å². The van der Waals surface area contributed by atoms with Crippen LogP contribution in [0.25, 0.3) is 0 Å². The first-order valence-electron chi connectivity index (χ1n) is 4.66. The summed E-state index contributed by atoms with van der Waals surface area (Å²) in [6.45, 7) is 5.27. The Kier molecular flexibility index (Phi) is 4.42. The summed E-state index contributed by atoms with van der Waals surface area (Å²) in [5.74, 6) is 0.982. The number of nitrogens with two attached hydrogens (primary N) is 1. The number of aryl methyl sites for hydroxylation is 1. The van der Waals surface area contributed by atoms with E-state index in [1.165, 1.54) is 0 Å². The molecule has 1 aromatic rings. The lowest BCUT2D eigenvalue weighted by atomic mass is 10.4. The molecule has 1 aromatic heterocycles. The average molecular weight is 183 g/mol. The van der Waals surface area contributed by atoms with Crippen LogP contribution in [-0.4, -0.2) is 27.9 Å². The molecule has 0 atom stereocenters. The summed E-state index contributed by atoms with van der Waals surface area (Å²) in [6.07, 6.45) is 2.67. The summed E-state index contributed by atoms with van der Waals surface area (Å²) in [5.41, 5.74) is 5.36. The normalized spacial score (nSPS) is 10.6. The topological polar surface area (TPSA) is 68.8 Å². The fourth-order valence-corrected chi connectivity index (χ4v) is 1.13. The molecule has 0 fully saturated rings. The monoisotopic (exact) mass is 183 g/mol. The molecule has 0 aromatic carbocycles. The maximum absolute atomic E-state index is 5.36. The lowest BCUT2D eigenvalue weighted by Crippen LogP contribution is -2.24. The van der Waals surface area contributed by atoms with Crippen molar-refractivity contribution < 1.29 is 0 Å². The Morgan fingerprint density at radius 2 is 2.46 bits per heavy atom. The van der Waals surface area contributed by atoms with E-state index in [2.05, 4.69) is 22.3 Å². The predicted octanol–water partition coefficient (Wildman–Crippen LogP) is -0.264. The Bertz CT molecular complexity index is 232. The van der Waals surface area contributed by atoms with Gasteiger partial charge < -0.3 is 11.1 Å². The molecule has 74 valence electrons. The Labute approximate surface area is 78.3 Å². The first-order chi connectivity index (χ1) is 6.38. The van der Waals surface area contributed by atoms with Crippen molar-refractivity contribution >= 4 is 0 Å². The molecule has 0 spiro atoms. The third kappa shape index (κ3) is 3.12. The van der Waals surface area contributed by atoms with Gasteiger partial charge >= 0.3 is 0 Å². The Morgan fingerprint density at radius 3 is 3.15 bits per heavy atom. The molecule has 5 heteroatoms. The molecule has 3 N–H and O–H groups in total. The number of hydrogen-bond acceptors (Lipinski definition) is 4. The average Bonchev–Trinajstić information content (AvgIpc) is 2.54. The van der Waals surface area contributed by atoms with E-state index >= 15 is 0 Å². The Morgan fingerprint density at radius 1 is 1.62 bits per heavy atom. The van der Waals surface area contributed by atoms with E-state index < -0.39 is 0 Å². The van der Waals surface area contributed by atoms with Gasteiger partial charge in [-0.25, -0.2) is 9.67 Å². The number of rotatable bonds is 6. The standard InChI is InChI=1S/C8H17N5/c1-2-5-13-8(11-7-12-13)6-10-4-3-9/h7,10H,2-6,9H2,1H3. The molecule has 0 bridgehead atoms. The van der Waals surface area contributed by atoms with Crippen molar-refractivity contribution in [3.63, 3.8) is 0 Å². The molecular formula is C8H17N5. The minimum atomic E-state index is 0.655. The molecule has 13 heavy (non-hydrogen) atoms. The second-order valence-corrected chi connectivity index (χ2v) is 2.86. The fourth-order valence-electron chi connectivity index (χ4n) is 1.13. The minimum absolute atomic E-state index is 0.655. The van der Waals surface area contributed by atoms with E-state index in [1.54, 1.807) is 6.33 Å². The molecule has 1 heterocycles. The van der Waals surface area contributed by atoms with Crippen molar-refractivity contribution in [1.82, 2.24) is 20.1 Å². The third-order valence-corrected chi connectivity index (χ3v) is 1.74. The number of aromatic nitrogens is 3. The predicted molar refractivity (Wildman–Crippen MR) is 51.1 cm³/mol. The zero-order chi connectivity index (χ0) is 9.52. The lowest BCUT2D eigenvalue weighted by molar-refractivity contribution is 0.544. The zero-order valence-electron chi connectivity index (χ0n) is 8.03. The van der Waals surface area contributed by atoms with Gasteiger partial charge in [0.1, 0.15) is 12.2 Å². The van der Waals surface area contributed by atoms with Gasteiger partial charge in [-0.15, -0.1) is 0 Å². The first-order valence-corrected chi connectivity index (χ1v) is 4.66. The van der Waals surface area contributed by atoms with Crippen molar-refractivity contribution in [3.05, 3.63) is 12.2 Å². The van der Waals surface area contributed by atoms with Crippen LogP contribution in [0, 0.1) is 0 Å². The molecule has 5 nitrogen and oxygen atoms in total. The van der Waals surface area contributed by atoms with E-state index in [0.717, 1.165) is 31.9 Å². The summed E-state index contributed by atoms with van der Waals surface area (Å²) in [6, 6.07) is 0. The summed E-state index contributed by atoms with van der Waals surface area (Å²) in [5, 5.41) is 7.31. The van der Waals surface area contributed by atoms with Crippen LogP contribution in [-0.2, 0) is 13.1 Å². The van der Waals surface area contributed by atoms with Gasteiger partial charge in [-0.05, 0) is 6.42 Å². The highest BCUT2D eigenvalue weighted by Crippen LogP contribution is 1.94. The van der Waals surface area contributed by atoms with Crippen LogP contribution in [0.15, 0.2) is 6.33 Å². The summed E-state index contributed by atoms with van der Waals surface area (Å²) in [7, 11) is 0. The highest BCUT2D eigenvalue weighted by Gasteiger charge is 2.01. The van der Waals surface area contributed by atoms with Crippen molar-refractivity contribution in [2.45, 2.75) is 26.4 Å². The quantitative estimate of drug-likeness (QED) is 0.596. The third-order valence-electron chi connectivity index (χ3n) is 1.74. The van der Waals surface area contributed by atoms with Gasteiger partial charge in [0.25, 0.3) is 0 Å². The van der Waals surface area contributed by atoms with E-state index in [0.29, 0.717) is 6.54 Å².